The number of ether oxygens (including phenoxy) is 4. The van der Waals surface area contributed by atoms with Crippen LogP contribution >= 0.6 is 0 Å². The molecule has 0 rings (SSSR count). The summed E-state index contributed by atoms with van der Waals surface area (Å²) in [5.41, 5.74) is 0. The number of aliphatic carboxylic acids is 1. The molecule has 0 aromatic carbocycles. The van der Waals surface area contributed by atoms with E-state index in [-0.39, 0.29) is 19.0 Å². The third kappa shape index (κ3) is 16.3. The fourth-order valence-corrected chi connectivity index (χ4v) is 2.71. The summed E-state index contributed by atoms with van der Waals surface area (Å²) in [6.07, 6.45) is 9.63. The van der Waals surface area contributed by atoms with Gasteiger partial charge >= 0.3 is 17.9 Å². The molecular weight excluding hydrogens is 376 g/mol. The molecule has 0 aliphatic carbocycles. The lowest BCUT2D eigenvalue weighted by atomic mass is 10.1. The molecular formula is C22H42O7. The van der Waals surface area contributed by atoms with Gasteiger partial charge < -0.3 is 24.1 Å². The second kappa shape index (κ2) is 18.8. The molecule has 0 unspecified atom stereocenters. The van der Waals surface area contributed by atoms with Crippen LogP contribution in [0.5, 0.6) is 0 Å². The van der Waals surface area contributed by atoms with Crippen LogP contribution in [0.3, 0.4) is 0 Å². The average molecular weight is 419 g/mol. The first-order valence-corrected chi connectivity index (χ1v) is 11.3. The Kier molecular flexibility index (Phi) is 18.1. The van der Waals surface area contributed by atoms with Gasteiger partial charge in [0.05, 0.1) is 13.2 Å². The Labute approximate surface area is 176 Å². The SMILES string of the molecule is CCCCOC(COC(=O)CCCCCCCCC(=O)O)(OCC)OCCCC. The maximum Gasteiger partial charge on any atom is 0.319 e. The number of carboxylic acids is 1. The van der Waals surface area contributed by atoms with E-state index >= 15 is 0 Å². The topological polar surface area (TPSA) is 91.3 Å². The zero-order chi connectivity index (χ0) is 21.8. The van der Waals surface area contributed by atoms with Crippen molar-refractivity contribution in [1.82, 2.24) is 0 Å². The maximum atomic E-state index is 12.1. The summed E-state index contributed by atoms with van der Waals surface area (Å²) in [5, 5.41) is 8.60. The third-order valence-electron chi connectivity index (χ3n) is 4.44. The van der Waals surface area contributed by atoms with E-state index in [0.717, 1.165) is 57.8 Å². The van der Waals surface area contributed by atoms with Crippen LogP contribution in [0.2, 0.25) is 0 Å². The summed E-state index contributed by atoms with van der Waals surface area (Å²) in [6, 6.07) is 0. The molecule has 7 nitrogen and oxygen atoms in total. The Morgan fingerprint density at radius 2 is 1.24 bits per heavy atom. The van der Waals surface area contributed by atoms with Gasteiger partial charge in [-0.1, -0.05) is 52.4 Å². The van der Waals surface area contributed by atoms with Gasteiger partial charge in [-0.3, -0.25) is 9.59 Å². The first kappa shape index (κ1) is 27.8. The van der Waals surface area contributed by atoms with Gasteiger partial charge in [-0.25, -0.2) is 0 Å². The van der Waals surface area contributed by atoms with Gasteiger partial charge in [-0.05, 0) is 32.6 Å². The Morgan fingerprint density at radius 1 is 0.724 bits per heavy atom. The van der Waals surface area contributed by atoms with Crippen molar-refractivity contribution in [2.75, 3.05) is 26.4 Å². The predicted octanol–water partition coefficient (Wildman–Crippen LogP) is 5.06. The van der Waals surface area contributed by atoms with Gasteiger partial charge in [-0.15, -0.1) is 0 Å². The zero-order valence-electron chi connectivity index (χ0n) is 18.7. The molecule has 0 bridgehead atoms. The van der Waals surface area contributed by atoms with E-state index in [2.05, 4.69) is 13.8 Å². The van der Waals surface area contributed by atoms with Crippen molar-refractivity contribution in [2.24, 2.45) is 0 Å². The molecule has 0 radical (unpaired) electrons. The van der Waals surface area contributed by atoms with E-state index < -0.39 is 11.9 Å². The molecule has 0 aromatic rings. The molecule has 0 saturated carbocycles. The smallest absolute Gasteiger partial charge is 0.319 e. The maximum absolute atomic E-state index is 12.1. The van der Waals surface area contributed by atoms with Crippen LogP contribution in [0.25, 0.3) is 0 Å². The van der Waals surface area contributed by atoms with Gasteiger partial charge in [0.15, 0.2) is 6.61 Å². The van der Waals surface area contributed by atoms with Crippen molar-refractivity contribution in [3.8, 4) is 0 Å². The molecule has 0 atom stereocenters. The third-order valence-corrected chi connectivity index (χ3v) is 4.44. The zero-order valence-corrected chi connectivity index (χ0v) is 18.7. The number of hydrogen-bond acceptors (Lipinski definition) is 6. The van der Waals surface area contributed by atoms with Crippen LogP contribution in [0.1, 0.15) is 97.8 Å². The Balaban J connectivity index is 4.21. The van der Waals surface area contributed by atoms with Crippen LogP contribution in [0.4, 0.5) is 0 Å². The molecule has 0 heterocycles. The minimum Gasteiger partial charge on any atom is -0.481 e. The predicted molar refractivity (Wildman–Crippen MR) is 112 cm³/mol. The molecule has 1 N–H and O–H groups in total. The fourth-order valence-electron chi connectivity index (χ4n) is 2.71. The summed E-state index contributed by atoms with van der Waals surface area (Å²) in [4.78, 5) is 22.6. The Bertz CT molecular complexity index is 402. The molecule has 29 heavy (non-hydrogen) atoms. The lowest BCUT2D eigenvalue weighted by Crippen LogP contribution is -2.45. The van der Waals surface area contributed by atoms with E-state index in [1.54, 1.807) is 0 Å². The first-order chi connectivity index (χ1) is 14.0. The molecule has 0 saturated heterocycles. The van der Waals surface area contributed by atoms with Crippen LogP contribution in [0.15, 0.2) is 0 Å². The number of unbranched alkanes of at least 4 members (excludes halogenated alkanes) is 7. The minimum atomic E-state index is -1.32. The molecule has 0 fully saturated rings. The highest BCUT2D eigenvalue weighted by Gasteiger charge is 2.35. The van der Waals surface area contributed by atoms with Crippen LogP contribution in [-0.4, -0.2) is 49.4 Å². The first-order valence-electron chi connectivity index (χ1n) is 11.3. The van der Waals surface area contributed by atoms with E-state index in [4.69, 9.17) is 24.1 Å². The van der Waals surface area contributed by atoms with Crippen molar-refractivity contribution < 1.29 is 33.6 Å². The van der Waals surface area contributed by atoms with Crippen LogP contribution < -0.4 is 0 Å². The van der Waals surface area contributed by atoms with Gasteiger partial charge in [0.25, 0.3) is 0 Å². The molecule has 0 amide bonds. The quantitative estimate of drug-likeness (QED) is 0.158. The van der Waals surface area contributed by atoms with Gasteiger partial charge in [0.1, 0.15) is 0 Å². The molecule has 0 aliphatic heterocycles. The monoisotopic (exact) mass is 418 g/mol. The van der Waals surface area contributed by atoms with Gasteiger partial charge in [-0.2, -0.15) is 0 Å². The highest BCUT2D eigenvalue weighted by Crippen LogP contribution is 2.19. The van der Waals surface area contributed by atoms with Gasteiger partial charge in [0, 0.05) is 19.4 Å². The van der Waals surface area contributed by atoms with Crippen molar-refractivity contribution in [3.63, 3.8) is 0 Å². The molecule has 0 spiro atoms. The summed E-state index contributed by atoms with van der Waals surface area (Å²) < 4.78 is 22.8. The molecule has 0 aromatic heterocycles. The summed E-state index contributed by atoms with van der Waals surface area (Å²) in [7, 11) is 0. The van der Waals surface area contributed by atoms with Crippen molar-refractivity contribution in [1.29, 1.82) is 0 Å². The number of hydrogen-bond donors (Lipinski definition) is 1. The van der Waals surface area contributed by atoms with Crippen LogP contribution in [-0.2, 0) is 28.5 Å². The van der Waals surface area contributed by atoms with E-state index in [1.807, 2.05) is 6.92 Å². The number of carboxylic acid groups (broad SMARTS) is 1. The largest absolute Gasteiger partial charge is 0.481 e. The highest BCUT2D eigenvalue weighted by molar-refractivity contribution is 5.69. The van der Waals surface area contributed by atoms with E-state index in [9.17, 15) is 9.59 Å². The summed E-state index contributed by atoms with van der Waals surface area (Å²) in [6.45, 7) is 7.33. The number of rotatable bonds is 21. The minimum absolute atomic E-state index is 0.0672. The lowest BCUT2D eigenvalue weighted by molar-refractivity contribution is -0.390. The second-order valence-corrected chi connectivity index (χ2v) is 7.20. The Hall–Kier alpha value is -1.18. The number of esters is 1. The average Bonchev–Trinajstić information content (AvgIpc) is 2.69. The summed E-state index contributed by atoms with van der Waals surface area (Å²) >= 11 is 0. The van der Waals surface area contributed by atoms with Crippen molar-refractivity contribution in [2.45, 2.75) is 104 Å². The summed E-state index contributed by atoms with van der Waals surface area (Å²) in [5.74, 6) is -2.34. The van der Waals surface area contributed by atoms with Gasteiger partial charge in [0.2, 0.25) is 0 Å². The highest BCUT2D eigenvalue weighted by atomic mass is 16.9. The van der Waals surface area contributed by atoms with E-state index in [0.29, 0.717) is 32.7 Å². The normalized spacial score (nSPS) is 11.6. The van der Waals surface area contributed by atoms with Crippen molar-refractivity contribution >= 4 is 11.9 Å². The Morgan fingerprint density at radius 3 is 1.72 bits per heavy atom. The van der Waals surface area contributed by atoms with Crippen LogP contribution in [0, 0.1) is 0 Å². The molecule has 172 valence electrons. The number of carbonyl (C=O) groups is 2. The second-order valence-electron chi connectivity index (χ2n) is 7.20. The lowest BCUT2D eigenvalue weighted by Gasteiger charge is -2.32. The van der Waals surface area contributed by atoms with E-state index in [1.165, 1.54) is 0 Å². The molecule has 7 heteroatoms. The standard InChI is InChI=1S/C22H42O7/c1-4-7-17-28-22(27-6-3,29-18-8-5-2)19-26-21(25)16-14-12-10-9-11-13-15-20(23)24/h4-19H2,1-3H3,(H,23,24). The fraction of sp³-hybridized carbons (Fsp3) is 0.909. The number of carbonyl (C=O) groups excluding carboxylic acids is 1. The molecule has 0 aliphatic rings. The van der Waals surface area contributed by atoms with Crippen molar-refractivity contribution in [3.05, 3.63) is 0 Å².